The zero-order valence-electron chi connectivity index (χ0n) is 31.4. The van der Waals surface area contributed by atoms with Gasteiger partial charge in [-0.1, -0.05) is 34.1 Å². The topological polar surface area (TPSA) is 194 Å². The predicted molar refractivity (Wildman–Crippen MR) is 193 cm³/mol. The second-order valence-corrected chi connectivity index (χ2v) is 17.8. The lowest BCUT2D eigenvalue weighted by Crippen LogP contribution is -2.61. The number of urea groups is 1. The number of carbonyl (C=O) groups is 4. The van der Waals surface area contributed by atoms with E-state index in [0.29, 0.717) is 36.3 Å². The Hall–Kier alpha value is -4.18. The van der Waals surface area contributed by atoms with Gasteiger partial charge in [0.1, 0.15) is 29.5 Å². The number of amides is 5. The van der Waals surface area contributed by atoms with E-state index >= 15 is 0 Å². The maximum atomic E-state index is 14.5. The van der Waals surface area contributed by atoms with Gasteiger partial charge in [-0.05, 0) is 87.9 Å². The number of aromatic nitrogens is 1. The zero-order chi connectivity index (χ0) is 38.4. The third-order valence-electron chi connectivity index (χ3n) is 9.77. The Balaban J connectivity index is 1.43. The van der Waals surface area contributed by atoms with Gasteiger partial charge in [0.15, 0.2) is 0 Å². The van der Waals surface area contributed by atoms with Crippen molar-refractivity contribution < 1.29 is 41.3 Å². The Morgan fingerprint density at radius 2 is 1.77 bits per heavy atom. The Morgan fingerprint density at radius 3 is 2.35 bits per heavy atom. The number of benzene rings is 1. The zero-order valence-corrected chi connectivity index (χ0v) is 32.2. The Morgan fingerprint density at radius 1 is 1.08 bits per heavy atom. The number of hydrogen-bond acceptors (Lipinski definition) is 10. The minimum Gasteiger partial charge on any atom is -0.497 e. The van der Waals surface area contributed by atoms with Crippen LogP contribution in [0.15, 0.2) is 30.5 Å². The van der Waals surface area contributed by atoms with Gasteiger partial charge in [0.2, 0.25) is 17.7 Å². The molecule has 5 rings (SSSR count). The Bertz CT molecular complexity index is 1840. The molecule has 2 saturated carbocycles. The molecule has 4 N–H and O–H groups in total. The van der Waals surface area contributed by atoms with Crippen molar-refractivity contribution in [3.05, 3.63) is 30.5 Å². The highest BCUT2D eigenvalue weighted by Crippen LogP contribution is 2.47. The molecule has 1 unspecified atom stereocenters. The first-order chi connectivity index (χ1) is 24.1. The van der Waals surface area contributed by atoms with Gasteiger partial charge in [0.05, 0.1) is 19.3 Å². The van der Waals surface area contributed by atoms with Crippen molar-refractivity contribution in [1.29, 1.82) is 0 Å². The lowest BCUT2D eigenvalue weighted by Gasteiger charge is -2.36. The van der Waals surface area contributed by atoms with E-state index in [-0.39, 0.29) is 25.3 Å². The standard InChI is InChI=1S/C36H52N6O9S/c1-10-22-19-36(22,31(45)41-52(47,48)51-35(8)14-15-35)39-28(43)26-18-24(50-29-25-12-11-23(49-9)17-21(25)13-16-37-29)20-42(26)30(44)27(33(2,3)4)38-32(46)40-34(5,6)7/h11-13,16-17,22,24,26-27H,10,14-15,18-20H2,1-9H3,(H,39,43)(H,41,45)(H2,38,40,46)/t22-,24-,26?,27-,36-/m1/s1. The molecule has 0 radical (unpaired) electrons. The monoisotopic (exact) mass is 744 g/mol. The predicted octanol–water partition coefficient (Wildman–Crippen LogP) is 3.32. The van der Waals surface area contributed by atoms with E-state index in [1.165, 1.54) is 4.90 Å². The van der Waals surface area contributed by atoms with E-state index < -0.39 is 74.3 Å². The number of ether oxygens (including phenoxy) is 2. The average molecular weight is 745 g/mol. The lowest BCUT2D eigenvalue weighted by atomic mass is 9.85. The molecule has 52 heavy (non-hydrogen) atoms. The number of likely N-dealkylation sites (tertiary alicyclic amines) is 1. The van der Waals surface area contributed by atoms with E-state index in [1.54, 1.807) is 47.1 Å². The number of nitrogens with zero attached hydrogens (tertiary/aromatic N) is 2. The molecule has 16 heteroatoms. The van der Waals surface area contributed by atoms with Crippen LogP contribution in [0.5, 0.6) is 11.6 Å². The molecule has 286 valence electrons. The molecule has 2 aliphatic carbocycles. The molecule has 2 aromatic rings. The fourth-order valence-electron chi connectivity index (χ4n) is 6.57. The number of methoxy groups -OCH3 is 1. The van der Waals surface area contributed by atoms with E-state index in [9.17, 15) is 27.6 Å². The number of pyridine rings is 1. The Kier molecular flexibility index (Phi) is 10.5. The van der Waals surface area contributed by atoms with E-state index in [0.717, 1.165) is 5.39 Å². The highest BCUT2D eigenvalue weighted by molar-refractivity contribution is 7.85. The summed E-state index contributed by atoms with van der Waals surface area (Å²) in [5.74, 6) is -1.47. The molecule has 5 amide bonds. The van der Waals surface area contributed by atoms with Crippen LogP contribution < -0.4 is 30.1 Å². The van der Waals surface area contributed by atoms with E-state index in [2.05, 4.69) is 20.9 Å². The summed E-state index contributed by atoms with van der Waals surface area (Å²) in [6, 6.07) is 4.51. The quantitative estimate of drug-likeness (QED) is 0.251. The number of carbonyl (C=O) groups excluding carboxylic acids is 4. The molecule has 1 aromatic heterocycles. The van der Waals surface area contributed by atoms with Gasteiger partial charge in [0.25, 0.3) is 5.91 Å². The number of nitrogens with one attached hydrogen (secondary N) is 4. The fourth-order valence-corrected chi connectivity index (χ4v) is 7.71. The van der Waals surface area contributed by atoms with Crippen LogP contribution in [0.3, 0.4) is 0 Å². The second-order valence-electron chi connectivity index (χ2n) is 16.5. The van der Waals surface area contributed by atoms with Crippen LogP contribution in [-0.4, -0.2) is 90.6 Å². The second kappa shape index (κ2) is 14.0. The van der Waals surface area contributed by atoms with Gasteiger partial charge in [-0.15, -0.1) is 0 Å². The van der Waals surface area contributed by atoms with Gasteiger partial charge >= 0.3 is 16.3 Å². The molecule has 15 nitrogen and oxygen atoms in total. The largest absolute Gasteiger partial charge is 0.497 e. The minimum atomic E-state index is -4.44. The maximum absolute atomic E-state index is 14.5. The third-order valence-corrected chi connectivity index (χ3v) is 10.8. The van der Waals surface area contributed by atoms with Crippen molar-refractivity contribution in [3.63, 3.8) is 0 Å². The lowest BCUT2D eigenvalue weighted by molar-refractivity contribution is -0.142. The summed E-state index contributed by atoms with van der Waals surface area (Å²) in [6.07, 6.45) is 2.70. The number of rotatable bonds is 12. The van der Waals surface area contributed by atoms with Crippen molar-refractivity contribution in [2.75, 3.05) is 13.7 Å². The number of fused-ring (bicyclic) bond motifs is 1. The fraction of sp³-hybridized carbons (Fsp3) is 0.639. The maximum Gasteiger partial charge on any atom is 0.362 e. The molecule has 1 aliphatic heterocycles. The van der Waals surface area contributed by atoms with Crippen LogP contribution in [0.2, 0.25) is 0 Å². The molecule has 3 aliphatic rings. The molecule has 0 bridgehead atoms. The van der Waals surface area contributed by atoms with Crippen LogP contribution >= 0.6 is 0 Å². The van der Waals surface area contributed by atoms with Crippen LogP contribution in [0.4, 0.5) is 4.79 Å². The molecule has 1 saturated heterocycles. The SMILES string of the molecule is CC[C@@H]1C[C@]1(NC(=O)C1C[C@@H](Oc2nccc3cc(OC)ccc23)CN1C(=O)[C@@H](NC(=O)NC(C)(C)C)C(C)(C)C)C(=O)NS(=O)(=O)OC1(C)CC1. The summed E-state index contributed by atoms with van der Waals surface area (Å²) in [5, 5.41) is 9.97. The molecule has 1 aromatic carbocycles. The molecular weight excluding hydrogens is 692 g/mol. The first-order valence-electron chi connectivity index (χ1n) is 17.7. The summed E-state index contributed by atoms with van der Waals surface area (Å²) in [7, 11) is -2.87. The van der Waals surface area contributed by atoms with Crippen molar-refractivity contribution in [3.8, 4) is 11.6 Å². The van der Waals surface area contributed by atoms with Gasteiger partial charge in [-0.3, -0.25) is 14.4 Å². The van der Waals surface area contributed by atoms with Gasteiger partial charge in [0, 0.05) is 23.5 Å². The summed E-state index contributed by atoms with van der Waals surface area (Å²) in [6.45, 7) is 14.3. The molecule has 0 spiro atoms. The van der Waals surface area contributed by atoms with Crippen molar-refractivity contribution in [1.82, 2.24) is 30.6 Å². The van der Waals surface area contributed by atoms with Crippen molar-refractivity contribution in [2.45, 2.75) is 122 Å². The first-order valence-corrected chi connectivity index (χ1v) is 19.1. The van der Waals surface area contributed by atoms with Gasteiger partial charge < -0.3 is 30.3 Å². The van der Waals surface area contributed by atoms with Crippen LogP contribution in [0.25, 0.3) is 10.8 Å². The summed E-state index contributed by atoms with van der Waals surface area (Å²) < 4.78 is 44.4. The van der Waals surface area contributed by atoms with Gasteiger partial charge in [-0.2, -0.15) is 8.42 Å². The third kappa shape index (κ3) is 8.88. The van der Waals surface area contributed by atoms with Crippen LogP contribution in [-0.2, 0) is 28.9 Å². The van der Waals surface area contributed by atoms with E-state index in [4.69, 9.17) is 13.7 Å². The first kappa shape index (κ1) is 39.0. The van der Waals surface area contributed by atoms with Crippen LogP contribution in [0, 0.1) is 11.3 Å². The molecule has 5 atom stereocenters. The highest BCUT2D eigenvalue weighted by atomic mass is 32.2. The molecule has 2 heterocycles. The Labute approximate surface area is 305 Å². The number of hydrogen-bond donors (Lipinski definition) is 4. The minimum absolute atomic E-state index is 0.0303. The average Bonchev–Trinajstić information content (AvgIpc) is 3.90. The van der Waals surface area contributed by atoms with Crippen LogP contribution in [0.1, 0.15) is 87.5 Å². The smallest absolute Gasteiger partial charge is 0.362 e. The van der Waals surface area contributed by atoms with E-state index in [1.807, 2.05) is 50.6 Å². The highest BCUT2D eigenvalue weighted by Gasteiger charge is 2.62. The summed E-state index contributed by atoms with van der Waals surface area (Å²) in [4.78, 5) is 61.2. The molecule has 3 fully saturated rings. The van der Waals surface area contributed by atoms with Crippen molar-refractivity contribution >= 4 is 44.8 Å². The normalized spacial score (nSPS) is 24.4. The summed E-state index contributed by atoms with van der Waals surface area (Å²) in [5.41, 5.74) is -3.74. The summed E-state index contributed by atoms with van der Waals surface area (Å²) >= 11 is 0. The van der Waals surface area contributed by atoms with Crippen molar-refractivity contribution in [2.24, 2.45) is 11.3 Å². The van der Waals surface area contributed by atoms with Gasteiger partial charge in [-0.25, -0.2) is 18.7 Å². The molecular formula is C36H52N6O9S.